The average molecular weight is 434 g/mol. The van der Waals surface area contributed by atoms with Crippen molar-refractivity contribution < 1.29 is 14.3 Å². The van der Waals surface area contributed by atoms with Crippen LogP contribution in [0.4, 0.5) is 0 Å². The van der Waals surface area contributed by atoms with Crippen LogP contribution in [0.25, 0.3) is 5.69 Å². The van der Waals surface area contributed by atoms with Crippen molar-refractivity contribution in [1.82, 2.24) is 25.1 Å². The Hall–Kier alpha value is -3.55. The van der Waals surface area contributed by atoms with Crippen molar-refractivity contribution in [2.75, 3.05) is 14.2 Å². The summed E-state index contributed by atoms with van der Waals surface area (Å²) in [6.07, 6.45) is 3.34. The summed E-state index contributed by atoms with van der Waals surface area (Å²) in [5, 5.41) is 12.6. The molecule has 0 bridgehead atoms. The normalized spacial score (nSPS) is 20.5. The zero-order valence-corrected chi connectivity index (χ0v) is 18.6. The van der Waals surface area contributed by atoms with Crippen molar-refractivity contribution in [3.05, 3.63) is 71.5 Å². The molecule has 0 N–H and O–H groups in total. The number of esters is 1. The summed E-state index contributed by atoms with van der Waals surface area (Å²) in [4.78, 5) is 27.6. The number of carbonyl (C=O) groups is 2. The first kappa shape index (κ1) is 21.7. The average Bonchev–Trinajstić information content (AvgIpc) is 3.34. The van der Waals surface area contributed by atoms with E-state index in [1.54, 1.807) is 27.8 Å². The van der Waals surface area contributed by atoms with Crippen molar-refractivity contribution in [2.45, 2.75) is 38.1 Å². The predicted octanol–water partition coefficient (Wildman–Crippen LogP) is 3.63. The fraction of sp³-hybridized carbons (Fsp3) is 0.375. The summed E-state index contributed by atoms with van der Waals surface area (Å²) in [6, 6.07) is 16.3. The number of hydrogen-bond acceptors (Lipinski definition) is 6. The monoisotopic (exact) mass is 433 g/mol. The van der Waals surface area contributed by atoms with E-state index in [1.165, 1.54) is 7.11 Å². The summed E-state index contributed by atoms with van der Waals surface area (Å²) in [5.41, 5.74) is 0.798. The van der Waals surface area contributed by atoms with Crippen LogP contribution >= 0.6 is 0 Å². The third-order valence-electron chi connectivity index (χ3n) is 6.49. The van der Waals surface area contributed by atoms with Gasteiger partial charge in [-0.25, -0.2) is 4.79 Å². The second-order valence-corrected chi connectivity index (χ2v) is 8.37. The van der Waals surface area contributed by atoms with E-state index >= 15 is 0 Å². The topological polar surface area (TPSA) is 90.2 Å². The third kappa shape index (κ3) is 3.77. The molecule has 0 spiro atoms. The Bertz CT molecular complexity index is 1100. The highest BCUT2D eigenvalue weighted by Gasteiger charge is 2.46. The number of hydrogen-bond donors (Lipinski definition) is 0. The van der Waals surface area contributed by atoms with Gasteiger partial charge in [0.25, 0.3) is 5.91 Å². The molecule has 32 heavy (non-hydrogen) atoms. The van der Waals surface area contributed by atoms with Crippen LogP contribution in [0.2, 0.25) is 0 Å². The quantitative estimate of drug-likeness (QED) is 0.571. The van der Waals surface area contributed by atoms with E-state index in [4.69, 9.17) is 4.74 Å². The van der Waals surface area contributed by atoms with Crippen molar-refractivity contribution >= 4 is 11.9 Å². The van der Waals surface area contributed by atoms with Gasteiger partial charge in [-0.3, -0.25) is 4.79 Å². The van der Waals surface area contributed by atoms with Crippen molar-refractivity contribution in [2.24, 2.45) is 5.92 Å². The Balaban J connectivity index is 1.83. The molecule has 0 radical (unpaired) electrons. The lowest BCUT2D eigenvalue weighted by Crippen LogP contribution is -2.50. The molecule has 2 aromatic carbocycles. The van der Waals surface area contributed by atoms with Gasteiger partial charge in [0.2, 0.25) is 0 Å². The van der Waals surface area contributed by atoms with Crippen LogP contribution in [0.3, 0.4) is 0 Å². The summed E-state index contributed by atoms with van der Waals surface area (Å²) >= 11 is 0. The van der Waals surface area contributed by atoms with Gasteiger partial charge in [0.1, 0.15) is 5.54 Å². The first-order valence-electron chi connectivity index (χ1n) is 10.8. The van der Waals surface area contributed by atoms with Crippen LogP contribution in [-0.2, 0) is 10.3 Å². The lowest BCUT2D eigenvalue weighted by Gasteiger charge is -2.44. The Morgan fingerprint density at radius 3 is 2.41 bits per heavy atom. The highest BCUT2D eigenvalue weighted by atomic mass is 16.5. The second kappa shape index (κ2) is 8.90. The number of para-hydroxylation sites is 1. The van der Waals surface area contributed by atoms with Crippen molar-refractivity contribution in [3.63, 3.8) is 0 Å². The first-order chi connectivity index (χ1) is 15.5. The second-order valence-electron chi connectivity index (χ2n) is 8.37. The number of nitrogens with zero attached hydrogens (tertiary/aromatic N) is 5. The lowest BCUT2D eigenvalue weighted by molar-refractivity contribution is 0.0326. The molecule has 1 saturated carbocycles. The van der Waals surface area contributed by atoms with E-state index in [-0.39, 0.29) is 5.91 Å². The minimum absolute atomic E-state index is 0.0871. The lowest BCUT2D eigenvalue weighted by atomic mass is 9.75. The van der Waals surface area contributed by atoms with Gasteiger partial charge in [-0.05, 0) is 66.3 Å². The highest BCUT2D eigenvalue weighted by molar-refractivity contribution is 5.95. The van der Waals surface area contributed by atoms with Crippen LogP contribution in [0.5, 0.6) is 0 Å². The maximum atomic E-state index is 13.5. The molecule has 1 fully saturated rings. The van der Waals surface area contributed by atoms with Crippen LogP contribution in [0.15, 0.2) is 54.6 Å². The Labute approximate surface area is 187 Å². The smallest absolute Gasteiger partial charge is 0.340 e. The molecule has 4 rings (SSSR count). The summed E-state index contributed by atoms with van der Waals surface area (Å²) in [6.45, 7) is 2.22. The van der Waals surface area contributed by atoms with E-state index in [9.17, 15) is 9.59 Å². The molecule has 0 aliphatic heterocycles. The fourth-order valence-electron chi connectivity index (χ4n) is 4.50. The SMILES string of the molecule is COC(=O)c1ccccc1-n1nnnc1C1(N(C)C(=O)c2ccccc2)CCC(C)CC1. The predicted molar refractivity (Wildman–Crippen MR) is 118 cm³/mol. The molecule has 1 aromatic heterocycles. The zero-order valence-electron chi connectivity index (χ0n) is 18.6. The molecule has 166 valence electrons. The highest BCUT2D eigenvalue weighted by Crippen LogP contribution is 2.43. The van der Waals surface area contributed by atoms with Crippen LogP contribution < -0.4 is 0 Å². The molecule has 0 atom stereocenters. The zero-order chi connectivity index (χ0) is 22.7. The number of aromatic nitrogens is 4. The summed E-state index contributed by atoms with van der Waals surface area (Å²) in [7, 11) is 3.16. The molecular formula is C24H27N5O3. The van der Waals surface area contributed by atoms with E-state index in [2.05, 4.69) is 22.4 Å². The van der Waals surface area contributed by atoms with E-state index < -0.39 is 11.5 Å². The van der Waals surface area contributed by atoms with Gasteiger partial charge in [0.15, 0.2) is 5.82 Å². The van der Waals surface area contributed by atoms with Crippen molar-refractivity contribution in [1.29, 1.82) is 0 Å². The molecule has 3 aromatic rings. The Morgan fingerprint density at radius 1 is 1.06 bits per heavy atom. The largest absolute Gasteiger partial charge is 0.465 e. The number of benzene rings is 2. The Kier molecular flexibility index (Phi) is 6.03. The summed E-state index contributed by atoms with van der Waals surface area (Å²) < 4.78 is 6.54. The minimum atomic E-state index is -0.702. The number of ether oxygens (including phenoxy) is 1. The number of tetrazole rings is 1. The maximum absolute atomic E-state index is 13.5. The van der Waals surface area contributed by atoms with E-state index in [0.717, 1.165) is 25.7 Å². The maximum Gasteiger partial charge on any atom is 0.340 e. The molecule has 0 saturated heterocycles. The molecular weight excluding hydrogens is 406 g/mol. The first-order valence-corrected chi connectivity index (χ1v) is 10.8. The molecule has 1 heterocycles. The summed E-state index contributed by atoms with van der Waals surface area (Å²) in [5.74, 6) is 0.542. The Morgan fingerprint density at radius 2 is 1.72 bits per heavy atom. The van der Waals surface area contributed by atoms with E-state index in [0.29, 0.717) is 28.6 Å². The van der Waals surface area contributed by atoms with Gasteiger partial charge in [-0.2, -0.15) is 4.68 Å². The molecule has 0 unspecified atom stereocenters. The molecule has 8 nitrogen and oxygen atoms in total. The molecule has 8 heteroatoms. The number of amides is 1. The van der Waals surface area contributed by atoms with Gasteiger partial charge in [-0.15, -0.1) is 5.10 Å². The van der Waals surface area contributed by atoms with Crippen LogP contribution in [0.1, 0.15) is 59.1 Å². The standard InChI is InChI=1S/C24H27N5O3/c1-17-13-15-24(16-14-17,28(2)21(30)18-9-5-4-6-10-18)23-25-26-27-29(23)20-12-8-7-11-19(20)22(31)32-3/h4-12,17H,13-16H2,1-3H3. The van der Waals surface area contributed by atoms with Gasteiger partial charge in [-0.1, -0.05) is 37.3 Å². The minimum Gasteiger partial charge on any atom is -0.465 e. The van der Waals surface area contributed by atoms with Crippen LogP contribution in [0, 0.1) is 5.92 Å². The van der Waals surface area contributed by atoms with Gasteiger partial charge in [0, 0.05) is 12.6 Å². The molecule has 1 amide bonds. The fourth-order valence-corrected chi connectivity index (χ4v) is 4.50. The van der Waals surface area contributed by atoms with Gasteiger partial charge in [0.05, 0.1) is 18.4 Å². The third-order valence-corrected chi connectivity index (χ3v) is 6.49. The van der Waals surface area contributed by atoms with Gasteiger partial charge >= 0.3 is 5.97 Å². The van der Waals surface area contributed by atoms with Crippen molar-refractivity contribution in [3.8, 4) is 5.69 Å². The van der Waals surface area contributed by atoms with E-state index in [1.807, 2.05) is 43.4 Å². The van der Waals surface area contributed by atoms with Crippen LogP contribution in [-0.4, -0.2) is 51.1 Å². The molecule has 1 aliphatic carbocycles. The molecule has 1 aliphatic rings. The number of rotatable bonds is 5. The van der Waals surface area contributed by atoms with Gasteiger partial charge < -0.3 is 9.64 Å². The number of carbonyl (C=O) groups excluding carboxylic acids is 2. The number of methoxy groups -OCH3 is 1.